The van der Waals surface area contributed by atoms with E-state index in [1.54, 1.807) is 26.4 Å². The normalized spacial score (nSPS) is 14.9. The maximum absolute atomic E-state index is 12.4. The molecule has 0 aliphatic carbocycles. The second-order valence-corrected chi connectivity index (χ2v) is 7.02. The van der Waals surface area contributed by atoms with Crippen molar-refractivity contribution in [2.75, 3.05) is 20.8 Å². The van der Waals surface area contributed by atoms with Crippen molar-refractivity contribution in [2.45, 2.75) is 12.7 Å². The number of rotatable bonds is 6. The largest absolute Gasteiger partial charge is 0.493 e. The monoisotopic (exact) mass is 413 g/mol. The Morgan fingerprint density at radius 2 is 1.97 bits per heavy atom. The third-order valence-corrected chi connectivity index (χ3v) is 5.24. The highest BCUT2D eigenvalue weighted by Gasteiger charge is 2.28. The highest BCUT2D eigenvalue weighted by molar-refractivity contribution is 7.13. The van der Waals surface area contributed by atoms with Gasteiger partial charge < -0.3 is 23.7 Å². The third kappa shape index (κ3) is 3.97. The van der Waals surface area contributed by atoms with E-state index in [2.05, 4.69) is 4.98 Å². The predicted molar refractivity (Wildman–Crippen MR) is 107 cm³/mol. The summed E-state index contributed by atoms with van der Waals surface area (Å²) < 4.78 is 27.4. The highest BCUT2D eigenvalue weighted by atomic mass is 32.1. The Morgan fingerprint density at radius 3 is 2.76 bits per heavy atom. The lowest BCUT2D eigenvalue weighted by Gasteiger charge is -2.24. The number of carbonyl (C=O) groups excluding carboxylic acids is 1. The number of thiazole rings is 1. The molecule has 0 amide bonds. The topological polar surface area (TPSA) is 76.1 Å². The zero-order valence-corrected chi connectivity index (χ0v) is 16.7. The van der Waals surface area contributed by atoms with E-state index >= 15 is 0 Å². The smallest absolute Gasteiger partial charge is 0.351 e. The molecule has 2 aromatic carbocycles. The molecule has 1 aliphatic heterocycles. The van der Waals surface area contributed by atoms with Gasteiger partial charge in [0.2, 0.25) is 6.10 Å². The van der Waals surface area contributed by atoms with E-state index in [-0.39, 0.29) is 13.2 Å². The molecule has 1 aromatic heterocycles. The molecule has 7 nitrogen and oxygen atoms in total. The van der Waals surface area contributed by atoms with Gasteiger partial charge in [0.25, 0.3) is 0 Å². The van der Waals surface area contributed by atoms with Crippen LogP contribution in [-0.2, 0) is 16.1 Å². The van der Waals surface area contributed by atoms with Gasteiger partial charge in [0, 0.05) is 5.38 Å². The number of hydrogen-bond acceptors (Lipinski definition) is 8. The summed E-state index contributed by atoms with van der Waals surface area (Å²) >= 11 is 1.44. The Hall–Kier alpha value is -3.26. The first kappa shape index (κ1) is 19.1. The number of esters is 1. The van der Waals surface area contributed by atoms with Crippen molar-refractivity contribution in [3.8, 4) is 33.6 Å². The van der Waals surface area contributed by atoms with Crippen LogP contribution in [0.3, 0.4) is 0 Å². The van der Waals surface area contributed by atoms with Crippen LogP contribution in [0.25, 0.3) is 10.6 Å². The van der Waals surface area contributed by atoms with Gasteiger partial charge >= 0.3 is 5.97 Å². The molecule has 3 aromatic rings. The molecule has 0 bridgehead atoms. The molecule has 0 radical (unpaired) electrons. The molecule has 1 aliphatic rings. The van der Waals surface area contributed by atoms with Crippen LogP contribution in [0.15, 0.2) is 47.8 Å². The molecule has 0 N–H and O–H groups in total. The number of nitrogens with zero attached hydrogens (tertiary/aromatic N) is 1. The summed E-state index contributed by atoms with van der Waals surface area (Å²) in [7, 11) is 3.17. The zero-order chi connectivity index (χ0) is 20.2. The zero-order valence-electron chi connectivity index (χ0n) is 15.9. The van der Waals surface area contributed by atoms with Gasteiger partial charge in [0.05, 0.1) is 25.5 Å². The van der Waals surface area contributed by atoms with E-state index in [1.807, 2.05) is 35.7 Å². The van der Waals surface area contributed by atoms with Crippen molar-refractivity contribution in [1.29, 1.82) is 0 Å². The maximum Gasteiger partial charge on any atom is 0.351 e. The standard InChI is InChI=1S/C21H19NO6S/c1-24-17-9-5-6-14(19(17)25-2)20-22-13(12-29-20)10-27-21(23)18-11-26-15-7-3-4-8-16(15)28-18/h3-9,12,18H,10-11H2,1-2H3/t18-/m0/s1. The van der Waals surface area contributed by atoms with Gasteiger partial charge in [-0.3, -0.25) is 0 Å². The van der Waals surface area contributed by atoms with Gasteiger partial charge in [-0.2, -0.15) is 0 Å². The van der Waals surface area contributed by atoms with Crippen molar-refractivity contribution in [3.05, 3.63) is 53.5 Å². The average molecular weight is 413 g/mol. The van der Waals surface area contributed by atoms with Crippen LogP contribution in [0.4, 0.5) is 0 Å². The van der Waals surface area contributed by atoms with Crippen LogP contribution < -0.4 is 18.9 Å². The van der Waals surface area contributed by atoms with E-state index in [0.29, 0.717) is 28.7 Å². The molecule has 2 heterocycles. The fourth-order valence-corrected chi connectivity index (χ4v) is 3.75. The fraction of sp³-hybridized carbons (Fsp3) is 0.238. The Bertz CT molecular complexity index is 1020. The minimum Gasteiger partial charge on any atom is -0.493 e. The molecular formula is C21H19NO6S. The minimum absolute atomic E-state index is 0.0448. The lowest BCUT2D eigenvalue weighted by atomic mass is 10.2. The number of benzene rings is 2. The Balaban J connectivity index is 1.41. The summed E-state index contributed by atoms with van der Waals surface area (Å²) in [4.78, 5) is 16.9. The molecule has 0 fully saturated rings. The Labute approximate surface area is 171 Å². The van der Waals surface area contributed by atoms with Gasteiger partial charge in [-0.05, 0) is 24.3 Å². The first-order valence-electron chi connectivity index (χ1n) is 8.90. The number of hydrogen-bond donors (Lipinski definition) is 0. The van der Waals surface area contributed by atoms with Gasteiger partial charge in [0.15, 0.2) is 23.0 Å². The second-order valence-electron chi connectivity index (χ2n) is 6.16. The number of para-hydroxylation sites is 3. The van der Waals surface area contributed by atoms with Crippen LogP contribution in [0.5, 0.6) is 23.0 Å². The average Bonchev–Trinajstić information content (AvgIpc) is 3.25. The molecule has 8 heteroatoms. The molecule has 150 valence electrons. The number of carbonyl (C=O) groups is 1. The van der Waals surface area contributed by atoms with Crippen molar-refractivity contribution in [2.24, 2.45) is 0 Å². The van der Waals surface area contributed by atoms with Crippen LogP contribution in [0, 0.1) is 0 Å². The predicted octanol–water partition coefficient (Wildman–Crippen LogP) is 3.71. The van der Waals surface area contributed by atoms with Crippen LogP contribution in [0.1, 0.15) is 5.69 Å². The first-order valence-corrected chi connectivity index (χ1v) is 9.78. The van der Waals surface area contributed by atoms with Gasteiger partial charge in [-0.15, -0.1) is 11.3 Å². The Kier molecular flexibility index (Phi) is 5.53. The van der Waals surface area contributed by atoms with Crippen molar-refractivity contribution in [1.82, 2.24) is 4.98 Å². The molecule has 0 unspecified atom stereocenters. The van der Waals surface area contributed by atoms with Gasteiger partial charge in [-0.25, -0.2) is 9.78 Å². The number of methoxy groups -OCH3 is 2. The van der Waals surface area contributed by atoms with E-state index < -0.39 is 12.1 Å². The molecule has 0 saturated carbocycles. The molecule has 1 atom stereocenters. The molecule has 0 saturated heterocycles. The van der Waals surface area contributed by atoms with E-state index in [0.717, 1.165) is 10.6 Å². The van der Waals surface area contributed by atoms with Crippen molar-refractivity contribution < 1.29 is 28.5 Å². The molecule has 29 heavy (non-hydrogen) atoms. The summed E-state index contributed by atoms with van der Waals surface area (Å²) in [6.07, 6.45) is -0.804. The van der Waals surface area contributed by atoms with Crippen molar-refractivity contribution >= 4 is 17.3 Å². The molecule has 4 rings (SSSR count). The van der Waals surface area contributed by atoms with Crippen molar-refractivity contribution in [3.63, 3.8) is 0 Å². The second kappa shape index (κ2) is 8.40. The summed E-state index contributed by atoms with van der Waals surface area (Å²) in [5.41, 5.74) is 1.45. The number of ether oxygens (including phenoxy) is 5. The Morgan fingerprint density at radius 1 is 1.14 bits per heavy atom. The molecular weight excluding hydrogens is 394 g/mol. The minimum atomic E-state index is -0.804. The van der Waals surface area contributed by atoms with E-state index in [9.17, 15) is 4.79 Å². The van der Waals surface area contributed by atoms with E-state index in [1.165, 1.54) is 11.3 Å². The lowest BCUT2D eigenvalue weighted by molar-refractivity contribution is -0.156. The highest BCUT2D eigenvalue weighted by Crippen LogP contribution is 2.39. The maximum atomic E-state index is 12.4. The van der Waals surface area contributed by atoms with Crippen LogP contribution >= 0.6 is 11.3 Å². The van der Waals surface area contributed by atoms with E-state index in [4.69, 9.17) is 23.7 Å². The van der Waals surface area contributed by atoms with Gasteiger partial charge in [-0.1, -0.05) is 18.2 Å². The first-order chi connectivity index (χ1) is 14.2. The summed E-state index contributed by atoms with van der Waals surface area (Å²) in [6, 6.07) is 12.8. The lowest BCUT2D eigenvalue weighted by Crippen LogP contribution is -2.37. The summed E-state index contributed by atoms with van der Waals surface area (Å²) in [5.74, 6) is 1.89. The van der Waals surface area contributed by atoms with Gasteiger partial charge in [0.1, 0.15) is 18.2 Å². The quantitative estimate of drug-likeness (QED) is 0.570. The summed E-state index contributed by atoms with van der Waals surface area (Å²) in [5, 5.41) is 2.59. The third-order valence-electron chi connectivity index (χ3n) is 4.32. The van der Waals surface area contributed by atoms with Crippen LogP contribution in [0.2, 0.25) is 0 Å². The fourth-order valence-electron chi connectivity index (χ4n) is 2.93. The molecule has 0 spiro atoms. The summed E-state index contributed by atoms with van der Waals surface area (Å²) in [6.45, 7) is 0.155. The number of aromatic nitrogens is 1. The SMILES string of the molecule is COc1cccc(-c2nc(COC(=O)[C@@H]3COc4ccccc4O3)cs2)c1OC. The van der Waals surface area contributed by atoms with Crippen LogP contribution in [-0.4, -0.2) is 37.9 Å². The number of fused-ring (bicyclic) bond motifs is 1.